The normalized spacial score (nSPS) is 12.5. The van der Waals surface area contributed by atoms with Crippen LogP contribution in [0.15, 0.2) is 60.7 Å². The van der Waals surface area contributed by atoms with Crippen molar-refractivity contribution in [2.24, 2.45) is 0 Å². The van der Waals surface area contributed by atoms with E-state index in [1.807, 2.05) is 49.4 Å². The van der Waals surface area contributed by atoms with Crippen molar-refractivity contribution in [3.8, 4) is 0 Å². The number of carbonyl (C=O) groups is 1. The second kappa shape index (κ2) is 9.06. The summed E-state index contributed by atoms with van der Waals surface area (Å²) in [5, 5.41) is 5.50. The topological polar surface area (TPSA) is 66.5 Å². The maximum absolute atomic E-state index is 13.0. The molecule has 0 saturated heterocycles. The smallest absolute Gasteiger partial charge is 0.244 e. The predicted molar refractivity (Wildman–Crippen MR) is 123 cm³/mol. The van der Waals surface area contributed by atoms with E-state index >= 15 is 0 Å². The van der Waals surface area contributed by atoms with Crippen molar-refractivity contribution in [2.75, 3.05) is 10.6 Å². The summed E-state index contributed by atoms with van der Waals surface area (Å²) in [6.45, 7) is 3.93. The average molecular weight is 445 g/mol. The third kappa shape index (κ3) is 4.77. The van der Waals surface area contributed by atoms with Crippen LogP contribution in [0.5, 0.6) is 0 Å². The Morgan fingerprint density at radius 2 is 1.80 bits per heavy atom. The van der Waals surface area contributed by atoms with Crippen LogP contribution in [0.3, 0.4) is 0 Å². The number of nitrogens with zero attached hydrogens (tertiary/aromatic N) is 1. The zero-order valence-corrected chi connectivity index (χ0v) is 18.8. The Labute approximate surface area is 182 Å². The number of hydrogen-bond acceptors (Lipinski definition) is 3. The highest BCUT2D eigenvalue weighted by atomic mass is 35.5. The van der Waals surface area contributed by atoms with E-state index < -0.39 is 16.1 Å². The minimum Gasteiger partial charge on any atom is -0.350 e. The average Bonchev–Trinajstić information content (AvgIpc) is 2.71. The molecular formula is C23H25ClN2O3S. The molecule has 1 atom stereocenters. The highest BCUT2D eigenvalue weighted by Gasteiger charge is 2.31. The fourth-order valence-electron chi connectivity index (χ4n) is 3.53. The third-order valence-electron chi connectivity index (χ3n) is 5.07. The van der Waals surface area contributed by atoms with E-state index in [2.05, 4.69) is 5.32 Å². The molecule has 0 bridgehead atoms. The summed E-state index contributed by atoms with van der Waals surface area (Å²) in [5.41, 5.74) is 2.18. The first-order valence-corrected chi connectivity index (χ1v) is 11.9. The second-order valence-electron chi connectivity index (χ2n) is 7.27. The number of nitrogens with one attached hydrogen (secondary N) is 1. The van der Waals surface area contributed by atoms with Gasteiger partial charge in [0.1, 0.15) is 6.04 Å². The van der Waals surface area contributed by atoms with E-state index in [-0.39, 0.29) is 5.91 Å². The lowest BCUT2D eigenvalue weighted by molar-refractivity contribution is -0.122. The lowest BCUT2D eigenvalue weighted by Gasteiger charge is -2.30. The van der Waals surface area contributed by atoms with Gasteiger partial charge in [0.05, 0.1) is 11.9 Å². The monoisotopic (exact) mass is 444 g/mol. The lowest BCUT2D eigenvalue weighted by atomic mass is 10.0. The van der Waals surface area contributed by atoms with Crippen LogP contribution in [0.4, 0.5) is 5.69 Å². The molecule has 3 rings (SSSR count). The number of fused-ring (bicyclic) bond motifs is 1. The molecule has 0 heterocycles. The number of carbonyl (C=O) groups excluding carboxylic acids is 1. The summed E-state index contributed by atoms with van der Waals surface area (Å²) in [4.78, 5) is 13.0. The zero-order valence-electron chi connectivity index (χ0n) is 17.2. The standard InChI is InChI=1S/C23H25ClN2O3S/c1-4-22(26(30(3,28)29)19-13-12-16(2)21(24)14-19)23(27)25-15-18-10-7-9-17-8-5-6-11-20(17)18/h5-14,22H,4,15H2,1-3H3,(H,25,27)/t22-/m0/s1. The summed E-state index contributed by atoms with van der Waals surface area (Å²) in [7, 11) is -3.71. The van der Waals surface area contributed by atoms with Gasteiger partial charge in [0.15, 0.2) is 0 Å². The first kappa shape index (κ1) is 22.1. The molecule has 0 aliphatic carbocycles. The SMILES string of the molecule is CC[C@@H](C(=O)NCc1cccc2ccccc12)N(c1ccc(C)c(Cl)c1)S(C)(=O)=O. The molecule has 1 amide bonds. The lowest BCUT2D eigenvalue weighted by Crippen LogP contribution is -2.49. The number of sulfonamides is 1. The highest BCUT2D eigenvalue weighted by molar-refractivity contribution is 7.92. The number of benzene rings is 3. The zero-order chi connectivity index (χ0) is 21.9. The maximum atomic E-state index is 13.0. The second-order valence-corrected chi connectivity index (χ2v) is 9.54. The van der Waals surface area contributed by atoms with E-state index in [1.165, 1.54) is 0 Å². The number of rotatable bonds is 7. The molecule has 30 heavy (non-hydrogen) atoms. The molecule has 0 saturated carbocycles. The van der Waals surface area contributed by atoms with Crippen molar-refractivity contribution in [1.29, 1.82) is 0 Å². The van der Waals surface area contributed by atoms with Crippen LogP contribution in [0.25, 0.3) is 10.8 Å². The van der Waals surface area contributed by atoms with Gasteiger partial charge in [0.25, 0.3) is 0 Å². The molecule has 0 aromatic heterocycles. The van der Waals surface area contributed by atoms with Crippen molar-refractivity contribution in [3.63, 3.8) is 0 Å². The number of halogens is 1. The van der Waals surface area contributed by atoms with Crippen LogP contribution < -0.4 is 9.62 Å². The molecule has 1 N–H and O–H groups in total. The number of aryl methyl sites for hydroxylation is 1. The van der Waals surface area contributed by atoms with Crippen LogP contribution in [0.2, 0.25) is 5.02 Å². The van der Waals surface area contributed by atoms with Crippen LogP contribution in [0.1, 0.15) is 24.5 Å². The number of anilines is 1. The Morgan fingerprint density at radius 1 is 1.10 bits per heavy atom. The molecule has 0 spiro atoms. The van der Waals surface area contributed by atoms with Crippen LogP contribution in [-0.2, 0) is 21.4 Å². The van der Waals surface area contributed by atoms with E-state index in [1.54, 1.807) is 25.1 Å². The van der Waals surface area contributed by atoms with Gasteiger partial charge in [0.2, 0.25) is 15.9 Å². The molecule has 7 heteroatoms. The molecule has 5 nitrogen and oxygen atoms in total. The van der Waals surface area contributed by atoms with Crippen molar-refractivity contribution < 1.29 is 13.2 Å². The molecular weight excluding hydrogens is 420 g/mol. The Hall–Kier alpha value is -2.57. The van der Waals surface area contributed by atoms with Gasteiger partial charge in [-0.3, -0.25) is 9.10 Å². The summed E-state index contributed by atoms with van der Waals surface area (Å²) in [6.07, 6.45) is 1.42. The minimum absolute atomic E-state index is 0.308. The Bertz CT molecular complexity index is 1170. The van der Waals surface area contributed by atoms with E-state index in [4.69, 9.17) is 11.6 Å². The van der Waals surface area contributed by atoms with Gasteiger partial charge in [0, 0.05) is 11.6 Å². The molecule has 0 unspecified atom stereocenters. The van der Waals surface area contributed by atoms with Crippen molar-refractivity contribution in [2.45, 2.75) is 32.9 Å². The van der Waals surface area contributed by atoms with Crippen molar-refractivity contribution in [3.05, 3.63) is 76.8 Å². The van der Waals surface area contributed by atoms with Gasteiger partial charge in [-0.05, 0) is 47.4 Å². The third-order valence-corrected chi connectivity index (χ3v) is 6.66. The summed E-state index contributed by atoms with van der Waals surface area (Å²) < 4.78 is 26.3. The van der Waals surface area contributed by atoms with Gasteiger partial charge in [-0.25, -0.2) is 8.42 Å². The van der Waals surface area contributed by atoms with Crippen LogP contribution in [-0.4, -0.2) is 26.6 Å². The van der Waals surface area contributed by atoms with Crippen LogP contribution in [0, 0.1) is 6.92 Å². The number of amides is 1. The van der Waals surface area contributed by atoms with E-state index in [9.17, 15) is 13.2 Å². The molecule has 3 aromatic rings. The molecule has 158 valence electrons. The van der Waals surface area contributed by atoms with Gasteiger partial charge >= 0.3 is 0 Å². The summed E-state index contributed by atoms with van der Waals surface area (Å²) in [6, 6.07) is 18.0. The van der Waals surface area contributed by atoms with E-state index in [0.29, 0.717) is 23.7 Å². The van der Waals surface area contributed by atoms with Crippen molar-refractivity contribution >= 4 is 44.0 Å². The Kier molecular flexibility index (Phi) is 6.68. The fraction of sp³-hybridized carbons (Fsp3) is 0.261. The first-order chi connectivity index (χ1) is 14.2. The summed E-state index contributed by atoms with van der Waals surface area (Å²) in [5.74, 6) is -0.354. The minimum atomic E-state index is -3.71. The first-order valence-electron chi connectivity index (χ1n) is 9.72. The number of hydrogen-bond donors (Lipinski definition) is 1. The predicted octanol–water partition coefficient (Wildman–Crippen LogP) is 4.66. The Balaban J connectivity index is 1.88. The molecule has 0 aliphatic heterocycles. The van der Waals surface area contributed by atoms with Gasteiger partial charge in [-0.2, -0.15) is 0 Å². The van der Waals surface area contributed by atoms with E-state index in [0.717, 1.165) is 32.5 Å². The largest absolute Gasteiger partial charge is 0.350 e. The highest BCUT2D eigenvalue weighted by Crippen LogP contribution is 2.28. The quantitative estimate of drug-likeness (QED) is 0.576. The molecule has 3 aromatic carbocycles. The molecule has 0 fully saturated rings. The maximum Gasteiger partial charge on any atom is 0.244 e. The fourth-order valence-corrected chi connectivity index (χ4v) is 4.90. The Morgan fingerprint density at radius 3 is 2.47 bits per heavy atom. The molecule has 0 aliphatic rings. The van der Waals surface area contributed by atoms with Gasteiger partial charge in [-0.1, -0.05) is 67.1 Å². The van der Waals surface area contributed by atoms with Crippen molar-refractivity contribution in [1.82, 2.24) is 5.32 Å². The van der Waals surface area contributed by atoms with Gasteiger partial charge in [-0.15, -0.1) is 0 Å². The van der Waals surface area contributed by atoms with Crippen LogP contribution >= 0.6 is 11.6 Å². The molecule has 0 radical (unpaired) electrons. The summed E-state index contributed by atoms with van der Waals surface area (Å²) >= 11 is 6.21. The van der Waals surface area contributed by atoms with Gasteiger partial charge < -0.3 is 5.32 Å².